The van der Waals surface area contributed by atoms with Crippen LogP contribution in [0.1, 0.15) is 25.5 Å². The summed E-state index contributed by atoms with van der Waals surface area (Å²) in [6, 6.07) is 7.95. The lowest BCUT2D eigenvalue weighted by Crippen LogP contribution is -2.33. The van der Waals surface area contributed by atoms with Crippen LogP contribution in [0.4, 0.5) is 5.69 Å². The van der Waals surface area contributed by atoms with E-state index in [-0.39, 0.29) is 17.9 Å². The van der Waals surface area contributed by atoms with Gasteiger partial charge in [0.2, 0.25) is 5.91 Å². The van der Waals surface area contributed by atoms with Crippen molar-refractivity contribution in [2.75, 3.05) is 32.1 Å². The van der Waals surface area contributed by atoms with Crippen molar-refractivity contribution in [3.63, 3.8) is 0 Å². The van der Waals surface area contributed by atoms with E-state index < -0.39 is 12.0 Å². The molecule has 3 rings (SSSR count). The van der Waals surface area contributed by atoms with E-state index in [4.69, 9.17) is 4.84 Å². The van der Waals surface area contributed by atoms with E-state index in [2.05, 4.69) is 30.9 Å². The molecule has 23 heavy (non-hydrogen) atoms. The molecule has 124 valence electrons. The van der Waals surface area contributed by atoms with Crippen molar-refractivity contribution in [2.24, 2.45) is 5.92 Å². The highest BCUT2D eigenvalue weighted by Crippen LogP contribution is 2.43. The normalized spacial score (nSPS) is 27.7. The SMILES string of the molecule is CCN(CC)c1ccc([C@@H]2[C@@H]3C(=O)N(C)C(=O)[C@@H]3ON2C)cc1. The second-order valence-electron chi connectivity index (χ2n) is 6.04. The summed E-state index contributed by atoms with van der Waals surface area (Å²) in [5.41, 5.74) is 2.15. The van der Waals surface area contributed by atoms with Gasteiger partial charge in [-0.1, -0.05) is 12.1 Å². The minimum Gasteiger partial charge on any atom is -0.372 e. The summed E-state index contributed by atoms with van der Waals surface area (Å²) in [6.07, 6.45) is -0.690. The van der Waals surface area contributed by atoms with E-state index >= 15 is 0 Å². The lowest BCUT2D eigenvalue weighted by Gasteiger charge is -2.25. The number of fused-ring (bicyclic) bond motifs is 1. The van der Waals surface area contributed by atoms with Crippen LogP contribution < -0.4 is 4.90 Å². The number of carbonyl (C=O) groups excluding carboxylic acids is 2. The van der Waals surface area contributed by atoms with Crippen LogP contribution >= 0.6 is 0 Å². The van der Waals surface area contributed by atoms with Crippen molar-refractivity contribution >= 4 is 17.5 Å². The number of benzene rings is 1. The quantitative estimate of drug-likeness (QED) is 0.787. The van der Waals surface area contributed by atoms with Crippen LogP contribution in [0.2, 0.25) is 0 Å². The van der Waals surface area contributed by atoms with Gasteiger partial charge in [-0.15, -0.1) is 0 Å². The number of nitrogens with zero attached hydrogens (tertiary/aromatic N) is 3. The first kappa shape index (κ1) is 16.0. The molecule has 3 atom stereocenters. The molecule has 0 N–H and O–H groups in total. The summed E-state index contributed by atoms with van der Waals surface area (Å²) in [5, 5.41) is 1.64. The Hall–Kier alpha value is -1.92. The zero-order valence-electron chi connectivity index (χ0n) is 14.0. The van der Waals surface area contributed by atoms with E-state index in [1.165, 1.54) is 11.9 Å². The van der Waals surface area contributed by atoms with Crippen LogP contribution in [0, 0.1) is 5.92 Å². The first-order chi connectivity index (χ1) is 11.0. The molecule has 0 saturated carbocycles. The average molecular weight is 317 g/mol. The van der Waals surface area contributed by atoms with Gasteiger partial charge in [0.15, 0.2) is 6.10 Å². The van der Waals surface area contributed by atoms with Crippen LogP contribution in [-0.2, 0) is 14.4 Å². The number of hydroxylamine groups is 2. The largest absolute Gasteiger partial charge is 0.372 e. The number of amides is 2. The second-order valence-corrected chi connectivity index (χ2v) is 6.04. The molecule has 2 fully saturated rings. The molecule has 2 aliphatic heterocycles. The predicted octanol–water partition coefficient (Wildman–Crippen LogP) is 1.43. The number of imide groups is 1. The van der Waals surface area contributed by atoms with Gasteiger partial charge in [0, 0.05) is 32.9 Å². The van der Waals surface area contributed by atoms with Crippen LogP contribution in [-0.4, -0.2) is 55.1 Å². The van der Waals surface area contributed by atoms with Crippen LogP contribution in [0.25, 0.3) is 0 Å². The van der Waals surface area contributed by atoms with Crippen molar-refractivity contribution in [1.29, 1.82) is 0 Å². The first-order valence-corrected chi connectivity index (χ1v) is 8.05. The molecule has 1 aromatic rings. The molecule has 2 saturated heterocycles. The zero-order chi connectivity index (χ0) is 16.7. The molecule has 0 aliphatic carbocycles. The van der Waals surface area contributed by atoms with E-state index in [0.717, 1.165) is 24.3 Å². The highest BCUT2D eigenvalue weighted by atomic mass is 16.7. The molecule has 2 heterocycles. The van der Waals surface area contributed by atoms with Crippen LogP contribution in [0.5, 0.6) is 0 Å². The molecular weight excluding hydrogens is 294 g/mol. The molecule has 2 amide bonds. The van der Waals surface area contributed by atoms with Crippen LogP contribution in [0.15, 0.2) is 24.3 Å². The second kappa shape index (κ2) is 5.94. The van der Waals surface area contributed by atoms with Crippen molar-refractivity contribution in [3.05, 3.63) is 29.8 Å². The number of carbonyl (C=O) groups is 2. The van der Waals surface area contributed by atoms with E-state index in [0.29, 0.717) is 0 Å². The molecular formula is C17H23N3O3. The molecule has 0 bridgehead atoms. The third-order valence-corrected chi connectivity index (χ3v) is 4.89. The van der Waals surface area contributed by atoms with Gasteiger partial charge >= 0.3 is 0 Å². The Morgan fingerprint density at radius 1 is 1.04 bits per heavy atom. The van der Waals surface area contributed by atoms with E-state index in [1.54, 1.807) is 12.1 Å². The third-order valence-electron chi connectivity index (χ3n) is 4.89. The first-order valence-electron chi connectivity index (χ1n) is 8.05. The molecule has 0 aromatic heterocycles. The van der Waals surface area contributed by atoms with Crippen molar-refractivity contribution in [1.82, 2.24) is 9.96 Å². The number of likely N-dealkylation sites (tertiary alicyclic amines) is 1. The number of hydrogen-bond acceptors (Lipinski definition) is 5. The summed E-state index contributed by atoms with van der Waals surface area (Å²) in [4.78, 5) is 33.6. The summed E-state index contributed by atoms with van der Waals surface area (Å²) in [5.74, 6) is -0.881. The van der Waals surface area contributed by atoms with Gasteiger partial charge in [0.05, 0.1) is 12.0 Å². The Morgan fingerprint density at radius 3 is 2.22 bits per heavy atom. The molecule has 6 nitrogen and oxygen atoms in total. The monoisotopic (exact) mass is 317 g/mol. The highest BCUT2D eigenvalue weighted by molar-refractivity contribution is 6.07. The van der Waals surface area contributed by atoms with Gasteiger partial charge < -0.3 is 4.90 Å². The van der Waals surface area contributed by atoms with Crippen molar-refractivity contribution in [3.8, 4) is 0 Å². The number of rotatable bonds is 4. The smallest absolute Gasteiger partial charge is 0.261 e. The van der Waals surface area contributed by atoms with Crippen LogP contribution in [0.3, 0.4) is 0 Å². The van der Waals surface area contributed by atoms with Crippen molar-refractivity contribution < 1.29 is 14.4 Å². The molecule has 6 heteroatoms. The summed E-state index contributed by atoms with van der Waals surface area (Å²) >= 11 is 0. The standard InChI is InChI=1S/C17H23N3O3/c1-5-20(6-2)12-9-7-11(8-10-12)14-13-15(23-19(14)4)17(22)18(3)16(13)21/h7-10,13-15H,5-6H2,1-4H3/t13-,14+,15+/m0/s1. The fraction of sp³-hybridized carbons (Fsp3) is 0.529. The fourth-order valence-electron chi connectivity index (χ4n) is 3.58. The zero-order valence-corrected chi connectivity index (χ0v) is 14.0. The summed E-state index contributed by atoms with van der Waals surface area (Å²) in [6.45, 7) is 6.15. The number of hydrogen-bond donors (Lipinski definition) is 0. The lowest BCUT2D eigenvalue weighted by atomic mass is 9.91. The Kier molecular flexibility index (Phi) is 4.12. The molecule has 0 radical (unpaired) electrons. The van der Waals surface area contributed by atoms with Gasteiger partial charge in [-0.05, 0) is 31.5 Å². The van der Waals surface area contributed by atoms with Gasteiger partial charge in [0.25, 0.3) is 5.91 Å². The maximum absolute atomic E-state index is 12.4. The summed E-state index contributed by atoms with van der Waals surface area (Å²) < 4.78 is 0. The predicted molar refractivity (Wildman–Crippen MR) is 86.6 cm³/mol. The average Bonchev–Trinajstić information content (AvgIpc) is 3.00. The highest BCUT2D eigenvalue weighted by Gasteiger charge is 2.57. The maximum Gasteiger partial charge on any atom is 0.261 e. The molecule has 0 unspecified atom stereocenters. The Labute approximate surface area is 136 Å². The van der Waals surface area contributed by atoms with Crippen molar-refractivity contribution in [2.45, 2.75) is 26.0 Å². The Balaban J connectivity index is 1.89. The lowest BCUT2D eigenvalue weighted by molar-refractivity contribution is -0.168. The third kappa shape index (κ3) is 2.42. The fourth-order valence-corrected chi connectivity index (χ4v) is 3.58. The molecule has 0 spiro atoms. The van der Waals surface area contributed by atoms with E-state index in [9.17, 15) is 9.59 Å². The van der Waals surface area contributed by atoms with Gasteiger partial charge in [-0.3, -0.25) is 19.3 Å². The molecule has 2 aliphatic rings. The summed E-state index contributed by atoms with van der Waals surface area (Å²) in [7, 11) is 3.30. The Bertz CT molecular complexity index is 612. The molecule has 1 aromatic carbocycles. The Morgan fingerprint density at radius 2 is 1.65 bits per heavy atom. The van der Waals surface area contributed by atoms with Gasteiger partial charge in [-0.25, -0.2) is 0 Å². The maximum atomic E-state index is 12.4. The van der Waals surface area contributed by atoms with Gasteiger partial charge in [0.1, 0.15) is 0 Å². The topological polar surface area (TPSA) is 53.1 Å². The van der Waals surface area contributed by atoms with Gasteiger partial charge in [-0.2, -0.15) is 5.06 Å². The minimum absolute atomic E-state index is 0.165. The number of likely N-dealkylation sites (N-methyl/N-ethyl adjacent to an activating group) is 1. The number of anilines is 1. The van der Waals surface area contributed by atoms with E-state index in [1.807, 2.05) is 12.1 Å². The minimum atomic E-state index is -0.690.